The smallest absolute Gasteiger partial charge is 0.312 e. The molecule has 8 nitrogen and oxygen atoms in total. The van der Waals surface area contributed by atoms with Crippen molar-refractivity contribution < 1.29 is 19.4 Å². The van der Waals surface area contributed by atoms with Crippen LogP contribution in [0.15, 0.2) is 35.9 Å². The van der Waals surface area contributed by atoms with Crippen molar-refractivity contribution in [3.8, 4) is 17.1 Å². The first kappa shape index (κ1) is 33.7. The van der Waals surface area contributed by atoms with E-state index in [4.69, 9.17) is 9.47 Å². The first-order chi connectivity index (χ1) is 22.7. The Morgan fingerprint density at radius 3 is 2.44 bits per heavy atom. The molecule has 0 radical (unpaired) electrons. The number of aromatic nitrogens is 4. The van der Waals surface area contributed by atoms with Gasteiger partial charge in [0.15, 0.2) is 5.82 Å². The van der Waals surface area contributed by atoms with E-state index in [2.05, 4.69) is 70.1 Å². The summed E-state index contributed by atoms with van der Waals surface area (Å²) in [7, 11) is 1.65. The number of nitrogens with zero attached hydrogens (tertiary/aromatic N) is 4. The van der Waals surface area contributed by atoms with Crippen LogP contribution in [-0.2, 0) is 16.1 Å². The van der Waals surface area contributed by atoms with Crippen LogP contribution in [-0.4, -0.2) is 51.1 Å². The molecule has 2 aromatic rings. The summed E-state index contributed by atoms with van der Waals surface area (Å²) in [6, 6.07) is 7.66. The molecule has 1 aromatic heterocycles. The summed E-state index contributed by atoms with van der Waals surface area (Å²) in [5.74, 6) is 3.67. The average Bonchev–Trinajstić information content (AvgIpc) is 3.53. The van der Waals surface area contributed by atoms with E-state index in [0.29, 0.717) is 36.0 Å². The third-order valence-corrected chi connectivity index (χ3v) is 15.8. The second-order valence-electron chi connectivity index (χ2n) is 17.8. The number of allylic oxidation sites excluding steroid dienone is 2. The van der Waals surface area contributed by atoms with Crippen molar-refractivity contribution in [3.63, 3.8) is 0 Å². The Hall–Kier alpha value is -2.74. The molecule has 0 unspecified atom stereocenters. The maximum atomic E-state index is 14.5. The summed E-state index contributed by atoms with van der Waals surface area (Å²) in [5.41, 5.74) is 2.31. The number of benzene rings is 1. The number of hydrogen-bond acceptors (Lipinski definition) is 7. The highest BCUT2D eigenvalue weighted by atomic mass is 16.5. The van der Waals surface area contributed by atoms with Crippen molar-refractivity contribution in [2.75, 3.05) is 13.7 Å². The molecule has 5 aliphatic carbocycles. The Morgan fingerprint density at radius 2 is 1.71 bits per heavy atom. The summed E-state index contributed by atoms with van der Waals surface area (Å²) in [5, 5.41) is 23.5. The molecule has 10 atom stereocenters. The fourth-order valence-corrected chi connectivity index (χ4v) is 12.5. The van der Waals surface area contributed by atoms with Crippen molar-refractivity contribution in [1.29, 1.82) is 0 Å². The lowest BCUT2D eigenvalue weighted by molar-refractivity contribution is -0.207. The zero-order valence-corrected chi connectivity index (χ0v) is 30.6. The monoisotopic (exact) mass is 658 g/mol. The summed E-state index contributed by atoms with van der Waals surface area (Å²) in [6.07, 6.45) is 11.7. The van der Waals surface area contributed by atoms with Gasteiger partial charge in [-0.25, -0.2) is 4.68 Å². The first-order valence-corrected chi connectivity index (χ1v) is 18.7. The van der Waals surface area contributed by atoms with Gasteiger partial charge < -0.3 is 14.6 Å². The van der Waals surface area contributed by atoms with Gasteiger partial charge in [-0.15, -0.1) is 5.10 Å². The third kappa shape index (κ3) is 4.70. The van der Waals surface area contributed by atoms with Gasteiger partial charge in [0.25, 0.3) is 0 Å². The highest BCUT2D eigenvalue weighted by Gasteiger charge is 2.69. The number of tetrazole rings is 1. The van der Waals surface area contributed by atoms with Crippen LogP contribution in [0.25, 0.3) is 11.4 Å². The van der Waals surface area contributed by atoms with Gasteiger partial charge in [-0.3, -0.25) is 4.79 Å². The number of methoxy groups -OCH3 is 1. The van der Waals surface area contributed by atoms with Crippen molar-refractivity contribution in [3.05, 3.63) is 35.9 Å². The molecule has 0 amide bonds. The van der Waals surface area contributed by atoms with Gasteiger partial charge in [-0.1, -0.05) is 60.1 Å². The van der Waals surface area contributed by atoms with Crippen LogP contribution >= 0.6 is 0 Å². The molecule has 0 aliphatic heterocycles. The number of fused-ring (bicyclic) bond motifs is 7. The van der Waals surface area contributed by atoms with E-state index in [1.807, 2.05) is 24.3 Å². The van der Waals surface area contributed by atoms with E-state index in [1.165, 1.54) is 12.8 Å². The van der Waals surface area contributed by atoms with Gasteiger partial charge in [0, 0.05) is 5.56 Å². The number of rotatable bonds is 6. The minimum absolute atomic E-state index is 0.0285. The van der Waals surface area contributed by atoms with Crippen molar-refractivity contribution >= 4 is 5.97 Å². The molecule has 8 heteroatoms. The fraction of sp³-hybridized carbons (Fsp3) is 0.750. The van der Waals surface area contributed by atoms with E-state index in [-0.39, 0.29) is 46.3 Å². The normalized spacial score (nSPS) is 41.6. The van der Waals surface area contributed by atoms with E-state index < -0.39 is 5.41 Å². The van der Waals surface area contributed by atoms with E-state index in [0.717, 1.165) is 56.3 Å². The van der Waals surface area contributed by atoms with Crippen LogP contribution in [0.1, 0.15) is 106 Å². The van der Waals surface area contributed by atoms with Crippen molar-refractivity contribution in [2.24, 2.45) is 56.7 Å². The standard InChI is InChI=1S/C40H58N4O4/c1-25-15-20-40(35(46)48-24-23-44-34(41-42-43-44)27-9-11-28(47-8)12-10-27)22-21-38(6)29(33(40)26(25)2)13-14-31-37(5)18-17-32(45)36(3,4)30(37)16-19-39(31,38)7/h9-13,25-26,30-33,45H,14-24H2,1-8H3/t25-,26+,30+,31-,32+,33+,37+,38-,39-,40+/m1/s1. The predicted octanol–water partition coefficient (Wildman–Crippen LogP) is 7.91. The largest absolute Gasteiger partial charge is 0.497 e. The molecule has 262 valence electrons. The molecule has 0 saturated heterocycles. The highest BCUT2D eigenvalue weighted by Crippen LogP contribution is 2.75. The Bertz CT molecular complexity index is 1570. The molecule has 1 aromatic carbocycles. The molecule has 4 saturated carbocycles. The summed E-state index contributed by atoms with van der Waals surface area (Å²) in [6.45, 7) is 17.8. The molecular weight excluding hydrogens is 600 g/mol. The number of hydrogen-bond donors (Lipinski definition) is 1. The van der Waals surface area contributed by atoms with Crippen molar-refractivity contribution in [2.45, 2.75) is 119 Å². The molecule has 5 aliphatic rings. The molecule has 7 rings (SSSR count). The molecule has 1 N–H and O–H groups in total. The molecular formula is C40H58N4O4. The third-order valence-electron chi connectivity index (χ3n) is 15.8. The number of ether oxygens (including phenoxy) is 2. The average molecular weight is 659 g/mol. The van der Waals surface area contributed by atoms with E-state index in [1.54, 1.807) is 17.4 Å². The molecule has 4 fully saturated rings. The van der Waals surface area contributed by atoms with Gasteiger partial charge in [0.2, 0.25) is 0 Å². The number of carbonyl (C=O) groups is 1. The first-order valence-electron chi connectivity index (χ1n) is 18.7. The van der Waals surface area contributed by atoms with Gasteiger partial charge in [0.05, 0.1) is 25.2 Å². The van der Waals surface area contributed by atoms with Gasteiger partial charge in [0.1, 0.15) is 12.4 Å². The Balaban J connectivity index is 1.15. The lowest BCUT2D eigenvalue weighted by Crippen LogP contribution is -2.65. The summed E-state index contributed by atoms with van der Waals surface area (Å²) >= 11 is 0. The second-order valence-corrected chi connectivity index (χ2v) is 17.8. The van der Waals surface area contributed by atoms with Gasteiger partial charge in [-0.05, 0) is 144 Å². The maximum absolute atomic E-state index is 14.5. The Labute approximate surface area is 287 Å². The van der Waals surface area contributed by atoms with Gasteiger partial charge >= 0.3 is 5.97 Å². The van der Waals surface area contributed by atoms with Crippen LogP contribution < -0.4 is 4.74 Å². The Kier molecular flexibility index (Phi) is 8.20. The van der Waals surface area contributed by atoms with Crippen molar-refractivity contribution in [1.82, 2.24) is 20.2 Å². The predicted molar refractivity (Wildman–Crippen MR) is 186 cm³/mol. The van der Waals surface area contributed by atoms with Crippen LogP contribution in [0.2, 0.25) is 0 Å². The zero-order chi connectivity index (χ0) is 34.3. The minimum Gasteiger partial charge on any atom is -0.497 e. The number of esters is 1. The van der Waals surface area contributed by atoms with Gasteiger partial charge in [-0.2, -0.15) is 0 Å². The fourth-order valence-electron chi connectivity index (χ4n) is 12.5. The SMILES string of the molecule is COc1ccc(-c2nnnn2CCOC(=O)[C@]23CC[C@@H](C)[C@H](C)[C@H]2C2=CC[C@@H]4[C@@]5(C)CC[C@H](O)C(C)(C)[C@@H]5CC[C@@]4(C)[C@]2(C)CC3)cc1. The zero-order valence-electron chi connectivity index (χ0n) is 30.6. The summed E-state index contributed by atoms with van der Waals surface area (Å²) in [4.78, 5) is 14.5. The van der Waals surface area contributed by atoms with Crippen LogP contribution in [0, 0.1) is 56.7 Å². The van der Waals surface area contributed by atoms with E-state index >= 15 is 0 Å². The second kappa shape index (κ2) is 11.7. The highest BCUT2D eigenvalue weighted by molar-refractivity contribution is 5.79. The number of aliphatic hydroxyl groups is 1. The lowest BCUT2D eigenvalue weighted by atomic mass is 9.33. The Morgan fingerprint density at radius 1 is 0.958 bits per heavy atom. The minimum atomic E-state index is -0.488. The number of carbonyl (C=O) groups excluding carboxylic acids is 1. The number of aliphatic hydroxyl groups excluding tert-OH is 1. The molecule has 0 spiro atoms. The lowest BCUT2D eigenvalue weighted by Gasteiger charge is -2.71. The van der Waals surface area contributed by atoms with Crippen LogP contribution in [0.4, 0.5) is 0 Å². The molecule has 0 bridgehead atoms. The molecule has 48 heavy (non-hydrogen) atoms. The topological polar surface area (TPSA) is 99.4 Å². The maximum Gasteiger partial charge on any atom is 0.312 e. The van der Waals surface area contributed by atoms with Crippen LogP contribution in [0.5, 0.6) is 5.75 Å². The molecule has 1 heterocycles. The summed E-state index contributed by atoms with van der Waals surface area (Å²) < 4.78 is 13.3. The van der Waals surface area contributed by atoms with E-state index in [9.17, 15) is 9.90 Å². The van der Waals surface area contributed by atoms with Crippen LogP contribution in [0.3, 0.4) is 0 Å². The quantitative estimate of drug-likeness (QED) is 0.249.